The first-order chi connectivity index (χ1) is 42.7. The third-order valence-electron chi connectivity index (χ3n) is 19.2. The fourth-order valence-electron chi connectivity index (χ4n) is 13.5. The van der Waals surface area contributed by atoms with Gasteiger partial charge in [-0.2, -0.15) is 0 Å². The van der Waals surface area contributed by atoms with Gasteiger partial charge in [-0.3, -0.25) is 19.2 Å². The summed E-state index contributed by atoms with van der Waals surface area (Å²) < 4.78 is 59.8. The van der Waals surface area contributed by atoms with Crippen LogP contribution in [0.1, 0.15) is 126 Å². The number of aliphatic hydroxyl groups is 9. The van der Waals surface area contributed by atoms with Crippen LogP contribution < -0.4 is 0 Å². The molecule has 24 atom stereocenters. The number of fused-ring (bicyclic) bond motifs is 3. The van der Waals surface area contributed by atoms with Crippen molar-refractivity contribution in [1.82, 2.24) is 4.90 Å². The molecule has 5 aliphatic heterocycles. The number of carbonyl (C=O) groups is 5. The number of ketones is 3. The predicted octanol–water partition coefficient (Wildman–Crippen LogP) is 1.85. The van der Waals surface area contributed by atoms with E-state index in [2.05, 4.69) is 0 Å². The van der Waals surface area contributed by atoms with E-state index in [1.165, 1.54) is 14.2 Å². The van der Waals surface area contributed by atoms with Crippen LogP contribution in [0.15, 0.2) is 47.6 Å². The van der Waals surface area contributed by atoms with E-state index in [9.17, 15) is 69.9 Å². The molecule has 0 aromatic rings. The highest BCUT2D eigenvalue weighted by Crippen LogP contribution is 2.40. The summed E-state index contributed by atoms with van der Waals surface area (Å²) in [6.45, 7) is 9.67. The Labute approximate surface area is 528 Å². The number of amides is 1. The summed E-state index contributed by atoms with van der Waals surface area (Å²) >= 11 is 0. The van der Waals surface area contributed by atoms with Gasteiger partial charge in [-0.15, -0.1) is 0 Å². The number of esters is 1. The average molecular weight is 1280 g/mol. The summed E-state index contributed by atoms with van der Waals surface area (Å²) in [6.07, 6.45) is -4.82. The van der Waals surface area contributed by atoms with Crippen LogP contribution in [-0.2, 0) is 71.3 Å². The van der Waals surface area contributed by atoms with Gasteiger partial charge in [0, 0.05) is 58.5 Å². The van der Waals surface area contributed by atoms with Gasteiger partial charge in [-0.1, -0.05) is 71.1 Å². The zero-order valence-electron chi connectivity index (χ0n) is 54.0. The Balaban J connectivity index is 1.36. The molecule has 25 heteroatoms. The van der Waals surface area contributed by atoms with Crippen LogP contribution in [0.25, 0.3) is 0 Å². The highest BCUT2D eigenvalue weighted by molar-refractivity contribution is 6.39. The number of aliphatic hydroxyl groups excluding tert-OH is 8. The van der Waals surface area contributed by atoms with Crippen molar-refractivity contribution in [2.24, 2.45) is 35.5 Å². The molecule has 5 heterocycles. The Bertz CT molecular complexity index is 2470. The highest BCUT2D eigenvalue weighted by atomic mass is 16.8. The van der Waals surface area contributed by atoms with E-state index in [0.717, 1.165) is 10.5 Å². The Hall–Kier alpha value is -3.81. The fourth-order valence-corrected chi connectivity index (χ4v) is 13.5. The quantitative estimate of drug-likeness (QED) is 0.0605. The Morgan fingerprint density at radius 1 is 0.744 bits per heavy atom. The molecule has 0 aromatic heterocycles. The summed E-state index contributed by atoms with van der Waals surface area (Å²) in [6, 6.07) is -1.26. The lowest BCUT2D eigenvalue weighted by Gasteiger charge is -2.42. The van der Waals surface area contributed by atoms with Crippen molar-refractivity contribution in [1.29, 1.82) is 0 Å². The molecule has 1 saturated carbocycles. The van der Waals surface area contributed by atoms with Crippen LogP contribution in [0, 0.1) is 35.5 Å². The number of allylic oxidation sites excluding steroid dienone is 6. The van der Waals surface area contributed by atoms with Gasteiger partial charge in [-0.05, 0) is 107 Å². The van der Waals surface area contributed by atoms with E-state index in [1.807, 2.05) is 51.2 Å². The molecule has 1 aliphatic carbocycles. The van der Waals surface area contributed by atoms with Gasteiger partial charge in [0.2, 0.25) is 5.79 Å². The summed E-state index contributed by atoms with van der Waals surface area (Å²) in [5.41, 5.74) is -1.12. The van der Waals surface area contributed by atoms with Crippen LogP contribution >= 0.6 is 0 Å². The molecule has 9 N–H and O–H groups in total. The number of nitrogens with zero attached hydrogens (tertiary/aromatic N) is 1. The second kappa shape index (κ2) is 34.6. The molecule has 1 amide bonds. The minimum atomic E-state index is -2.51. The Kier molecular flexibility index (Phi) is 28.9. The summed E-state index contributed by atoms with van der Waals surface area (Å²) in [4.78, 5) is 74.7. The van der Waals surface area contributed by atoms with E-state index in [1.54, 1.807) is 40.9 Å². The van der Waals surface area contributed by atoms with Crippen molar-refractivity contribution < 1.29 is 117 Å². The monoisotopic (exact) mass is 1280 g/mol. The number of rotatable bonds is 16. The SMILES string of the molecule is CO[C@H]1C[C@@H]2CC[C@@H](C)[C@@](O)(O2)C(=O)C(=O)N2CCCCC2C(=O)O[C@H]([C@H](C)CC2CC[C@@H](OCCO)[C@H](OC)C2)CC(=O)[C@H](C)/C=C(\C)[C@@H](OCC2(CO)O[C@H](OC3O[C@@H](CO)[C@H](O)[C@@H](O)[C@@H]3O)[C@H](O)[C@H]2O)[C@@H](OC)C(=O)[C@H](C)C[C@H](C)\C=C/C=C/C=C/1C. The Morgan fingerprint density at radius 3 is 2.14 bits per heavy atom. The maximum Gasteiger partial charge on any atom is 0.329 e. The number of hydrogen-bond acceptors (Lipinski definition) is 24. The predicted molar refractivity (Wildman–Crippen MR) is 321 cm³/mol. The van der Waals surface area contributed by atoms with E-state index in [4.69, 9.17) is 47.4 Å². The maximum atomic E-state index is 14.9. The third-order valence-corrected chi connectivity index (χ3v) is 19.2. The van der Waals surface area contributed by atoms with Crippen molar-refractivity contribution in [3.8, 4) is 0 Å². The first-order valence-corrected chi connectivity index (χ1v) is 32.0. The lowest BCUT2D eigenvalue weighted by Crippen LogP contribution is -2.61. The number of ether oxygens (including phenoxy) is 10. The van der Waals surface area contributed by atoms with Crippen LogP contribution in [0.3, 0.4) is 0 Å². The van der Waals surface area contributed by atoms with Crippen LogP contribution in [-0.4, -0.2) is 250 Å². The number of methoxy groups -OCH3 is 3. The molecule has 0 spiro atoms. The molecule has 4 unspecified atom stereocenters. The lowest BCUT2D eigenvalue weighted by molar-refractivity contribution is -0.347. The zero-order valence-corrected chi connectivity index (χ0v) is 54.0. The maximum absolute atomic E-state index is 14.9. The van der Waals surface area contributed by atoms with Crippen molar-refractivity contribution in [2.75, 3.05) is 60.9 Å². The summed E-state index contributed by atoms with van der Waals surface area (Å²) in [7, 11) is 4.43. The zero-order chi connectivity index (χ0) is 66.4. The summed E-state index contributed by atoms with van der Waals surface area (Å²) in [5.74, 6) is -9.54. The van der Waals surface area contributed by atoms with Gasteiger partial charge in [0.25, 0.3) is 11.7 Å². The number of cyclic esters (lactones) is 1. The third kappa shape index (κ3) is 18.4. The molecule has 25 nitrogen and oxygen atoms in total. The van der Waals surface area contributed by atoms with Crippen molar-refractivity contribution in [2.45, 2.75) is 235 Å². The van der Waals surface area contributed by atoms with Gasteiger partial charge in [0.15, 0.2) is 18.4 Å². The summed E-state index contributed by atoms with van der Waals surface area (Å²) in [5, 5.41) is 96.7. The van der Waals surface area contributed by atoms with Crippen molar-refractivity contribution >= 4 is 29.2 Å². The first kappa shape index (κ1) is 75.2. The van der Waals surface area contributed by atoms with Crippen LogP contribution in [0.2, 0.25) is 0 Å². The van der Waals surface area contributed by atoms with Crippen molar-refractivity contribution in [3.63, 3.8) is 0 Å². The minimum absolute atomic E-state index is 0.00439. The smallest absolute Gasteiger partial charge is 0.329 e. The van der Waals surface area contributed by atoms with E-state index in [0.29, 0.717) is 57.8 Å². The van der Waals surface area contributed by atoms with E-state index >= 15 is 0 Å². The van der Waals surface area contributed by atoms with Gasteiger partial charge >= 0.3 is 5.97 Å². The minimum Gasteiger partial charge on any atom is -0.460 e. The molecule has 5 fully saturated rings. The van der Waals surface area contributed by atoms with Crippen LogP contribution in [0.4, 0.5) is 0 Å². The molecule has 6 aliphatic rings. The number of hydrogen-bond donors (Lipinski definition) is 9. The number of piperidine rings is 1. The molecule has 6 rings (SSSR count). The fraction of sp³-hybridized carbons (Fsp3) is 0.800. The second-order valence-corrected chi connectivity index (χ2v) is 25.9. The molecule has 512 valence electrons. The van der Waals surface area contributed by atoms with E-state index < -0.39 is 170 Å². The van der Waals surface area contributed by atoms with Gasteiger partial charge < -0.3 is 98.2 Å². The van der Waals surface area contributed by atoms with Crippen molar-refractivity contribution in [3.05, 3.63) is 47.6 Å². The largest absolute Gasteiger partial charge is 0.460 e. The van der Waals surface area contributed by atoms with E-state index in [-0.39, 0.29) is 68.6 Å². The Morgan fingerprint density at radius 2 is 1.48 bits per heavy atom. The number of Topliss-reactive ketones (excluding diaryl/α,β-unsaturated/α-hetero) is 3. The van der Waals surface area contributed by atoms with Crippen LogP contribution in [0.5, 0.6) is 0 Å². The average Bonchev–Trinajstić information content (AvgIpc) is 1.39. The highest BCUT2D eigenvalue weighted by Gasteiger charge is 2.58. The van der Waals surface area contributed by atoms with Gasteiger partial charge in [-0.25, -0.2) is 4.79 Å². The lowest BCUT2D eigenvalue weighted by atomic mass is 9.78. The molecular formula is C65H103NO24. The number of carbonyl (C=O) groups excluding carboxylic acids is 5. The second-order valence-electron chi connectivity index (χ2n) is 25.9. The first-order valence-electron chi connectivity index (χ1n) is 32.0. The molecule has 0 aromatic carbocycles. The van der Waals surface area contributed by atoms with Gasteiger partial charge in [0.05, 0.1) is 57.5 Å². The molecule has 0 radical (unpaired) electrons. The topological polar surface area (TPSA) is 363 Å². The molecule has 2 bridgehead atoms. The normalized spacial score (nSPS) is 42.7. The molecule has 4 saturated heterocycles. The standard InChI is InChI=1S/C65H103NO24/c1-35-16-12-11-13-17-36(2)47(81-8)30-43-21-19-41(7)65(80,89-43)59(77)60(78)66-23-15-14-18-44(66)61(79)86-48(38(4)28-42-20-22-46(84-25-24-67)49(29-42)82-9)31-45(70)37(3)27-40(6)56(57(83-10)51(71)39(5)26-35)85-34-64(33-69)58(76)55(75)63(90-64)88-62-54(74)53(73)52(72)50(32-68)87-62/h11-13,16-17,27,35,37-39,41-44,46-50,52-58,62-63,67-69,72-76,80H,14-15,18-26,28-34H2,1-10H3/b13-11+,16-12-,36-17+,40-27+/t35-,37-,38-,39-,41-,42?,43+,44?,46-,47+,48+,49-,50+,52+,53-,54+,55-,56-,57+,58-,62?,63+,64?,65-/m1/s1. The molecule has 90 heavy (non-hydrogen) atoms. The van der Waals surface area contributed by atoms with Gasteiger partial charge in [0.1, 0.15) is 72.4 Å². The molecular weight excluding hydrogens is 1180 g/mol.